The van der Waals surface area contributed by atoms with E-state index in [1.807, 2.05) is 0 Å². The van der Waals surface area contributed by atoms with Crippen LogP contribution in [0, 0.1) is 0 Å². The first-order valence-electron chi connectivity index (χ1n) is 5.12. The third kappa shape index (κ3) is 2.85. The highest BCUT2D eigenvalue weighted by Crippen LogP contribution is 2.16. The third-order valence-corrected chi connectivity index (χ3v) is 2.39. The van der Waals surface area contributed by atoms with Crippen molar-refractivity contribution >= 4 is 0 Å². The van der Waals surface area contributed by atoms with E-state index in [2.05, 4.69) is 38.1 Å². The van der Waals surface area contributed by atoms with Gasteiger partial charge in [0.05, 0.1) is 0 Å². The van der Waals surface area contributed by atoms with Crippen LogP contribution in [-0.4, -0.2) is 0 Å². The highest BCUT2D eigenvalue weighted by Gasteiger charge is 2.03. The Bertz CT molecular complexity index is 255. The molecule has 0 aromatic heterocycles. The lowest BCUT2D eigenvalue weighted by Crippen LogP contribution is -2.09. The molecule has 2 N–H and O–H groups in total. The predicted octanol–water partition coefficient (Wildman–Crippen LogP) is 3.05. The number of benzene rings is 1. The van der Waals surface area contributed by atoms with Crippen LogP contribution in [0.5, 0.6) is 0 Å². The van der Waals surface area contributed by atoms with Gasteiger partial charge in [-0.15, -0.1) is 0 Å². The summed E-state index contributed by atoms with van der Waals surface area (Å²) in [5.41, 5.74) is 8.69. The normalized spacial score (nSPS) is 12.8. The van der Waals surface area contributed by atoms with Gasteiger partial charge in [-0.2, -0.15) is 0 Å². The second kappa shape index (κ2) is 5.03. The molecule has 0 aliphatic rings. The Kier molecular flexibility index (Phi) is 3.97. The number of hydrogen-bond acceptors (Lipinski definition) is 1. The van der Waals surface area contributed by atoms with Crippen molar-refractivity contribution in [2.75, 3.05) is 0 Å². The molecule has 0 spiro atoms. The van der Waals surface area contributed by atoms with Gasteiger partial charge < -0.3 is 5.73 Å². The molecule has 1 aromatic rings. The highest BCUT2D eigenvalue weighted by atomic mass is 14.6. The van der Waals surface area contributed by atoms with Crippen LogP contribution < -0.4 is 5.73 Å². The number of nitrogens with two attached hydrogens (primary N) is 1. The lowest BCUT2D eigenvalue weighted by Gasteiger charge is -2.11. The van der Waals surface area contributed by atoms with Gasteiger partial charge in [-0.1, -0.05) is 44.5 Å². The van der Waals surface area contributed by atoms with E-state index < -0.39 is 0 Å². The molecule has 1 heteroatoms. The summed E-state index contributed by atoms with van der Waals surface area (Å²) in [7, 11) is 0. The minimum atomic E-state index is 0.219. The second-order valence-corrected chi connectivity index (χ2v) is 3.49. The van der Waals surface area contributed by atoms with Gasteiger partial charge in [0.2, 0.25) is 0 Å². The van der Waals surface area contributed by atoms with Crippen molar-refractivity contribution in [3.63, 3.8) is 0 Å². The van der Waals surface area contributed by atoms with Gasteiger partial charge in [0.15, 0.2) is 0 Å². The fourth-order valence-corrected chi connectivity index (χ4v) is 1.52. The molecule has 1 atom stereocenters. The zero-order chi connectivity index (χ0) is 9.68. The molecule has 0 aliphatic heterocycles. The number of hydrogen-bond donors (Lipinski definition) is 1. The van der Waals surface area contributed by atoms with E-state index in [4.69, 9.17) is 5.73 Å². The summed E-state index contributed by atoms with van der Waals surface area (Å²) in [6.45, 7) is 4.34. The molecule has 0 bridgehead atoms. The Morgan fingerprint density at radius 2 is 2.08 bits per heavy atom. The minimum absolute atomic E-state index is 0.219. The fraction of sp³-hybridized carbons (Fsp3) is 0.500. The summed E-state index contributed by atoms with van der Waals surface area (Å²) in [6.07, 6.45) is 3.32. The van der Waals surface area contributed by atoms with E-state index >= 15 is 0 Å². The van der Waals surface area contributed by atoms with Crippen molar-refractivity contribution in [1.82, 2.24) is 0 Å². The zero-order valence-corrected chi connectivity index (χ0v) is 8.59. The number of rotatable bonds is 4. The van der Waals surface area contributed by atoms with Gasteiger partial charge >= 0.3 is 0 Å². The van der Waals surface area contributed by atoms with Crippen LogP contribution in [0.15, 0.2) is 24.3 Å². The third-order valence-electron chi connectivity index (χ3n) is 2.39. The molecule has 1 unspecified atom stereocenters. The molecule has 0 saturated heterocycles. The summed E-state index contributed by atoms with van der Waals surface area (Å²) in [4.78, 5) is 0. The van der Waals surface area contributed by atoms with Crippen LogP contribution in [0.1, 0.15) is 43.9 Å². The Hall–Kier alpha value is -0.820. The summed E-state index contributed by atoms with van der Waals surface area (Å²) < 4.78 is 0. The molecule has 1 aromatic carbocycles. The van der Waals surface area contributed by atoms with Gasteiger partial charge in [0.1, 0.15) is 0 Å². The quantitative estimate of drug-likeness (QED) is 0.751. The smallest absolute Gasteiger partial charge is 0.0294 e. The first-order valence-corrected chi connectivity index (χ1v) is 5.12. The van der Waals surface area contributed by atoms with E-state index in [0.29, 0.717) is 0 Å². The molecular weight excluding hydrogens is 158 g/mol. The fourth-order valence-electron chi connectivity index (χ4n) is 1.52. The molecule has 1 rings (SSSR count). The average Bonchev–Trinajstić information content (AvgIpc) is 2.18. The Labute approximate surface area is 81.0 Å². The van der Waals surface area contributed by atoms with Crippen molar-refractivity contribution < 1.29 is 0 Å². The van der Waals surface area contributed by atoms with Crippen LogP contribution in [0.3, 0.4) is 0 Å². The molecule has 0 radical (unpaired) electrons. The monoisotopic (exact) mass is 177 g/mol. The number of aryl methyl sites for hydroxylation is 1. The van der Waals surface area contributed by atoms with Crippen LogP contribution in [0.25, 0.3) is 0 Å². The predicted molar refractivity (Wildman–Crippen MR) is 57.7 cm³/mol. The highest BCUT2D eigenvalue weighted by molar-refractivity contribution is 5.25. The van der Waals surface area contributed by atoms with Crippen molar-refractivity contribution in [2.45, 2.75) is 39.2 Å². The second-order valence-electron chi connectivity index (χ2n) is 3.49. The average molecular weight is 177 g/mol. The lowest BCUT2D eigenvalue weighted by atomic mass is 10.0. The van der Waals surface area contributed by atoms with Crippen molar-refractivity contribution in [1.29, 1.82) is 0 Å². The van der Waals surface area contributed by atoms with Crippen LogP contribution in [0.2, 0.25) is 0 Å². The first-order chi connectivity index (χ1) is 6.27. The molecule has 0 fully saturated rings. The summed E-state index contributed by atoms with van der Waals surface area (Å²) in [5, 5.41) is 0. The molecule has 0 aliphatic carbocycles. The van der Waals surface area contributed by atoms with Gasteiger partial charge in [0.25, 0.3) is 0 Å². The van der Waals surface area contributed by atoms with Gasteiger partial charge in [-0.3, -0.25) is 0 Å². The molecule has 0 amide bonds. The summed E-state index contributed by atoms with van der Waals surface area (Å²) >= 11 is 0. The van der Waals surface area contributed by atoms with E-state index in [-0.39, 0.29) is 6.04 Å². The largest absolute Gasteiger partial charge is 0.324 e. The van der Waals surface area contributed by atoms with Gasteiger partial charge in [-0.25, -0.2) is 0 Å². The van der Waals surface area contributed by atoms with Gasteiger partial charge in [-0.05, 0) is 24.0 Å². The molecule has 72 valence electrons. The van der Waals surface area contributed by atoms with E-state index in [0.717, 1.165) is 19.3 Å². The van der Waals surface area contributed by atoms with E-state index in [1.54, 1.807) is 0 Å². The lowest BCUT2D eigenvalue weighted by molar-refractivity contribution is 0.638. The summed E-state index contributed by atoms with van der Waals surface area (Å²) in [6, 6.07) is 8.82. The zero-order valence-electron chi connectivity index (χ0n) is 8.59. The minimum Gasteiger partial charge on any atom is -0.324 e. The molecule has 0 saturated carbocycles. The Balaban J connectivity index is 2.75. The van der Waals surface area contributed by atoms with Crippen LogP contribution in [-0.2, 0) is 6.42 Å². The SMILES string of the molecule is CCCC(N)c1cccc(CC)c1. The Morgan fingerprint density at radius 1 is 1.31 bits per heavy atom. The van der Waals surface area contributed by atoms with Gasteiger partial charge in [0, 0.05) is 6.04 Å². The Morgan fingerprint density at radius 3 is 2.69 bits per heavy atom. The molecular formula is C12H19N. The molecule has 1 nitrogen and oxygen atoms in total. The first kappa shape index (κ1) is 10.3. The van der Waals surface area contributed by atoms with E-state index in [9.17, 15) is 0 Å². The van der Waals surface area contributed by atoms with Crippen LogP contribution >= 0.6 is 0 Å². The maximum atomic E-state index is 6.03. The maximum Gasteiger partial charge on any atom is 0.0294 e. The van der Waals surface area contributed by atoms with Crippen molar-refractivity contribution in [2.24, 2.45) is 5.73 Å². The van der Waals surface area contributed by atoms with Crippen molar-refractivity contribution in [3.8, 4) is 0 Å². The molecule has 13 heavy (non-hydrogen) atoms. The maximum absolute atomic E-state index is 6.03. The van der Waals surface area contributed by atoms with Crippen molar-refractivity contribution in [3.05, 3.63) is 35.4 Å². The van der Waals surface area contributed by atoms with E-state index in [1.165, 1.54) is 11.1 Å². The topological polar surface area (TPSA) is 26.0 Å². The summed E-state index contributed by atoms with van der Waals surface area (Å²) in [5.74, 6) is 0. The molecule has 0 heterocycles. The standard InChI is InChI=1S/C12H19N/c1-3-6-12(13)11-8-5-7-10(4-2)9-11/h5,7-9,12H,3-4,6,13H2,1-2H3. The van der Waals surface area contributed by atoms with Crippen LogP contribution in [0.4, 0.5) is 0 Å².